The van der Waals surface area contributed by atoms with Crippen molar-refractivity contribution < 1.29 is 4.79 Å². The summed E-state index contributed by atoms with van der Waals surface area (Å²) in [5.41, 5.74) is 2.13. The van der Waals surface area contributed by atoms with E-state index >= 15 is 0 Å². The topological polar surface area (TPSA) is 29.1 Å². The van der Waals surface area contributed by atoms with E-state index in [2.05, 4.69) is 31.3 Å². The van der Waals surface area contributed by atoms with Crippen molar-refractivity contribution in [3.05, 3.63) is 35.4 Å². The van der Waals surface area contributed by atoms with Crippen LogP contribution in [0.1, 0.15) is 37.3 Å². The molecule has 1 unspecified atom stereocenters. The van der Waals surface area contributed by atoms with Gasteiger partial charge in [-0.25, -0.2) is 0 Å². The lowest BCUT2D eigenvalue weighted by Gasteiger charge is -2.26. The molecule has 17 heavy (non-hydrogen) atoms. The number of Topliss-reactive ketones (excluding diaryl/α,β-unsaturated/α-hetero) is 1. The molecule has 92 valence electrons. The summed E-state index contributed by atoms with van der Waals surface area (Å²) in [4.78, 5) is 12.5. The molecular formula is C15H21NO. The zero-order chi connectivity index (χ0) is 12.3. The van der Waals surface area contributed by atoms with Crippen LogP contribution in [0.3, 0.4) is 0 Å². The van der Waals surface area contributed by atoms with Gasteiger partial charge in [-0.2, -0.15) is 0 Å². The summed E-state index contributed by atoms with van der Waals surface area (Å²) in [5.74, 6) is 0.354. The maximum atomic E-state index is 12.5. The average molecular weight is 231 g/mol. The molecule has 0 aliphatic carbocycles. The standard InChI is InChI=1S/C15H21NO/c1-3-15(9-6-10-16-15)14(17)11-13-8-5-4-7-12(13)2/h4-5,7-8,16H,3,6,9-11H2,1-2H3. The van der Waals surface area contributed by atoms with E-state index in [1.54, 1.807) is 0 Å². The SMILES string of the molecule is CCC1(C(=O)Cc2ccccc2C)CCCN1. The van der Waals surface area contributed by atoms with Gasteiger partial charge in [0.05, 0.1) is 5.54 Å². The number of carbonyl (C=O) groups excluding carboxylic acids is 1. The zero-order valence-electron chi connectivity index (χ0n) is 10.8. The lowest BCUT2D eigenvalue weighted by Crippen LogP contribution is -2.47. The molecule has 1 N–H and O–H groups in total. The summed E-state index contributed by atoms with van der Waals surface area (Å²) in [6.07, 6.45) is 3.58. The van der Waals surface area contributed by atoms with Crippen molar-refractivity contribution in [1.82, 2.24) is 5.32 Å². The van der Waals surface area contributed by atoms with Crippen LogP contribution in [0.4, 0.5) is 0 Å². The Morgan fingerprint density at radius 2 is 2.18 bits per heavy atom. The Morgan fingerprint density at radius 1 is 1.41 bits per heavy atom. The summed E-state index contributed by atoms with van der Waals surface area (Å²) in [7, 11) is 0. The monoisotopic (exact) mass is 231 g/mol. The predicted molar refractivity (Wildman–Crippen MR) is 70.1 cm³/mol. The van der Waals surface area contributed by atoms with Gasteiger partial charge in [0.25, 0.3) is 0 Å². The Kier molecular flexibility index (Phi) is 3.63. The van der Waals surface area contributed by atoms with Gasteiger partial charge in [0, 0.05) is 6.42 Å². The van der Waals surface area contributed by atoms with Crippen molar-refractivity contribution in [3.63, 3.8) is 0 Å². The number of aryl methyl sites for hydroxylation is 1. The quantitative estimate of drug-likeness (QED) is 0.863. The fourth-order valence-corrected chi connectivity index (χ4v) is 2.69. The van der Waals surface area contributed by atoms with Crippen molar-refractivity contribution >= 4 is 5.78 Å². The Morgan fingerprint density at radius 3 is 2.76 bits per heavy atom. The van der Waals surface area contributed by atoms with Crippen LogP contribution in [0, 0.1) is 6.92 Å². The van der Waals surface area contributed by atoms with Crippen molar-refractivity contribution in [1.29, 1.82) is 0 Å². The van der Waals surface area contributed by atoms with Gasteiger partial charge in [-0.05, 0) is 43.9 Å². The van der Waals surface area contributed by atoms with Crippen molar-refractivity contribution in [2.45, 2.75) is 45.1 Å². The lowest BCUT2D eigenvalue weighted by atomic mass is 9.85. The minimum atomic E-state index is -0.248. The lowest BCUT2D eigenvalue weighted by molar-refractivity contribution is -0.124. The van der Waals surface area contributed by atoms with Gasteiger partial charge < -0.3 is 5.32 Å². The summed E-state index contributed by atoms with van der Waals surface area (Å²) in [6, 6.07) is 8.16. The average Bonchev–Trinajstić information content (AvgIpc) is 2.82. The highest BCUT2D eigenvalue weighted by atomic mass is 16.1. The summed E-state index contributed by atoms with van der Waals surface area (Å²) >= 11 is 0. The first-order chi connectivity index (χ1) is 8.18. The number of rotatable bonds is 4. The minimum Gasteiger partial charge on any atom is -0.305 e. The number of hydrogen-bond acceptors (Lipinski definition) is 2. The van der Waals surface area contributed by atoms with E-state index in [1.165, 1.54) is 11.1 Å². The molecular weight excluding hydrogens is 210 g/mol. The van der Waals surface area contributed by atoms with Gasteiger partial charge >= 0.3 is 0 Å². The summed E-state index contributed by atoms with van der Waals surface area (Å²) in [5, 5.41) is 3.41. The third-order valence-electron chi connectivity index (χ3n) is 3.99. The Hall–Kier alpha value is -1.15. The third-order valence-corrected chi connectivity index (χ3v) is 3.99. The van der Waals surface area contributed by atoms with Gasteiger partial charge in [-0.3, -0.25) is 4.79 Å². The Bertz CT molecular complexity index is 405. The molecule has 1 fully saturated rings. The third kappa shape index (κ3) is 2.42. The Balaban J connectivity index is 2.14. The molecule has 0 spiro atoms. The molecule has 2 rings (SSSR count). The molecule has 1 atom stereocenters. The van der Waals surface area contributed by atoms with Gasteiger partial charge in [0.15, 0.2) is 5.78 Å². The number of carbonyl (C=O) groups is 1. The van der Waals surface area contributed by atoms with E-state index in [4.69, 9.17) is 0 Å². The minimum absolute atomic E-state index is 0.248. The molecule has 0 amide bonds. The number of nitrogens with one attached hydrogen (secondary N) is 1. The maximum absolute atomic E-state index is 12.5. The van der Waals surface area contributed by atoms with Crippen LogP contribution >= 0.6 is 0 Å². The highest BCUT2D eigenvalue weighted by Crippen LogP contribution is 2.26. The van der Waals surface area contributed by atoms with Crippen molar-refractivity contribution in [2.24, 2.45) is 0 Å². The van der Waals surface area contributed by atoms with E-state index < -0.39 is 0 Å². The highest BCUT2D eigenvalue weighted by molar-refractivity contribution is 5.90. The van der Waals surface area contributed by atoms with Gasteiger partial charge in [0.1, 0.15) is 0 Å². The molecule has 1 saturated heterocycles. The largest absolute Gasteiger partial charge is 0.305 e. The first-order valence-corrected chi connectivity index (χ1v) is 6.51. The van der Waals surface area contributed by atoms with E-state index in [9.17, 15) is 4.79 Å². The van der Waals surface area contributed by atoms with Crippen LogP contribution in [0.5, 0.6) is 0 Å². The second-order valence-electron chi connectivity index (χ2n) is 4.99. The normalized spacial score (nSPS) is 23.9. The van der Waals surface area contributed by atoms with Crippen LogP contribution < -0.4 is 5.32 Å². The smallest absolute Gasteiger partial charge is 0.157 e. The van der Waals surface area contributed by atoms with E-state index in [0.717, 1.165) is 25.8 Å². The van der Waals surface area contributed by atoms with Crippen LogP contribution in [0.15, 0.2) is 24.3 Å². The highest BCUT2D eigenvalue weighted by Gasteiger charge is 2.38. The van der Waals surface area contributed by atoms with Crippen molar-refractivity contribution in [2.75, 3.05) is 6.54 Å². The van der Waals surface area contributed by atoms with Crippen LogP contribution in [-0.2, 0) is 11.2 Å². The van der Waals surface area contributed by atoms with E-state index in [1.807, 2.05) is 12.1 Å². The zero-order valence-corrected chi connectivity index (χ0v) is 10.8. The molecule has 1 heterocycles. The molecule has 0 radical (unpaired) electrons. The number of benzene rings is 1. The molecule has 0 saturated carbocycles. The summed E-state index contributed by atoms with van der Waals surface area (Å²) < 4.78 is 0. The molecule has 1 aliphatic heterocycles. The second-order valence-corrected chi connectivity index (χ2v) is 4.99. The predicted octanol–water partition coefficient (Wildman–Crippen LogP) is 2.64. The number of ketones is 1. The molecule has 1 aromatic rings. The fourth-order valence-electron chi connectivity index (χ4n) is 2.69. The maximum Gasteiger partial charge on any atom is 0.157 e. The van der Waals surface area contributed by atoms with Gasteiger partial charge in [-0.1, -0.05) is 31.2 Å². The van der Waals surface area contributed by atoms with Gasteiger partial charge in [0.2, 0.25) is 0 Å². The fraction of sp³-hybridized carbons (Fsp3) is 0.533. The first kappa shape index (κ1) is 12.3. The number of hydrogen-bond donors (Lipinski definition) is 1. The molecule has 2 nitrogen and oxygen atoms in total. The molecule has 0 bridgehead atoms. The Labute approximate surface area is 103 Å². The molecule has 1 aliphatic rings. The first-order valence-electron chi connectivity index (χ1n) is 6.51. The molecule has 1 aromatic carbocycles. The van der Waals surface area contributed by atoms with Crippen LogP contribution in [0.2, 0.25) is 0 Å². The van der Waals surface area contributed by atoms with E-state index in [-0.39, 0.29) is 5.54 Å². The van der Waals surface area contributed by atoms with Crippen LogP contribution in [-0.4, -0.2) is 17.9 Å². The molecule has 2 heteroatoms. The second kappa shape index (κ2) is 5.01. The van der Waals surface area contributed by atoms with Crippen molar-refractivity contribution in [3.8, 4) is 0 Å². The molecule has 0 aromatic heterocycles. The van der Waals surface area contributed by atoms with E-state index in [0.29, 0.717) is 12.2 Å². The summed E-state index contributed by atoms with van der Waals surface area (Å²) in [6.45, 7) is 5.16. The van der Waals surface area contributed by atoms with Gasteiger partial charge in [-0.15, -0.1) is 0 Å². The van der Waals surface area contributed by atoms with Crippen LogP contribution in [0.25, 0.3) is 0 Å².